The first kappa shape index (κ1) is 20.2. The Balaban J connectivity index is 1.71. The van der Waals surface area contributed by atoms with Crippen LogP contribution in [0.2, 0.25) is 5.02 Å². The molecule has 2 aromatic rings. The van der Waals surface area contributed by atoms with E-state index in [2.05, 4.69) is 10.6 Å². The molecule has 4 amide bonds. The third-order valence-electron chi connectivity index (χ3n) is 4.21. The number of benzene rings is 1. The summed E-state index contributed by atoms with van der Waals surface area (Å²) in [6.07, 6.45) is 2.57. The van der Waals surface area contributed by atoms with Crippen LogP contribution in [0.4, 0.5) is 9.80 Å². The molecule has 0 radical (unpaired) electrons. The lowest BCUT2D eigenvalue weighted by Gasteiger charge is -2.13. The second-order valence-corrected chi connectivity index (χ2v) is 8.05. The fourth-order valence-electron chi connectivity index (χ4n) is 2.85. The highest BCUT2D eigenvalue weighted by Crippen LogP contribution is 2.39. The van der Waals surface area contributed by atoms with Crippen LogP contribution in [0.1, 0.15) is 27.2 Å². The molecule has 7 nitrogen and oxygen atoms in total. The summed E-state index contributed by atoms with van der Waals surface area (Å²) in [5, 5.41) is 6.12. The number of carbonyl (C=O) groups excluding carboxylic acids is 3. The summed E-state index contributed by atoms with van der Waals surface area (Å²) in [4.78, 5) is 39.2. The number of ether oxygens (including phenoxy) is 1. The highest BCUT2D eigenvalue weighted by molar-refractivity contribution is 7.17. The van der Waals surface area contributed by atoms with Crippen LogP contribution in [0.5, 0.6) is 5.75 Å². The number of rotatable bonds is 5. The van der Waals surface area contributed by atoms with Crippen LogP contribution < -0.4 is 15.4 Å². The van der Waals surface area contributed by atoms with Gasteiger partial charge < -0.3 is 15.0 Å². The van der Waals surface area contributed by atoms with Crippen LogP contribution in [0.3, 0.4) is 0 Å². The molecule has 2 N–H and O–H groups in total. The van der Waals surface area contributed by atoms with Gasteiger partial charge in [0, 0.05) is 24.0 Å². The third-order valence-corrected chi connectivity index (χ3v) is 5.67. The number of halogens is 1. The van der Waals surface area contributed by atoms with Crippen molar-refractivity contribution in [2.75, 3.05) is 26.0 Å². The van der Waals surface area contributed by atoms with Gasteiger partial charge in [-0.1, -0.05) is 11.6 Å². The van der Waals surface area contributed by atoms with Crippen LogP contribution in [-0.4, -0.2) is 43.4 Å². The lowest BCUT2D eigenvalue weighted by Crippen LogP contribution is -2.39. The standard InChI is InChI=1S/C19H20ClN3O4S/c1-23(2)19(26)22-17(25)16-13-4-3-5-14(13)28-18(16)21-15(24)10-27-12-8-6-11(20)7-9-12/h6-9H,3-5,10H2,1-2H3,(H,21,24)(H,22,25,26). The summed E-state index contributed by atoms with van der Waals surface area (Å²) in [5.74, 6) is -0.377. The second-order valence-electron chi connectivity index (χ2n) is 6.51. The Morgan fingerprint density at radius 1 is 1.18 bits per heavy atom. The number of urea groups is 1. The Hall–Kier alpha value is -2.58. The molecule has 0 saturated heterocycles. The van der Waals surface area contributed by atoms with Gasteiger partial charge in [0.25, 0.3) is 11.8 Å². The SMILES string of the molecule is CN(C)C(=O)NC(=O)c1c(NC(=O)COc2ccc(Cl)cc2)sc2c1CCC2. The van der Waals surface area contributed by atoms with Crippen molar-refractivity contribution in [3.63, 3.8) is 0 Å². The van der Waals surface area contributed by atoms with Gasteiger partial charge in [0.1, 0.15) is 10.8 Å². The number of imide groups is 1. The van der Waals surface area contributed by atoms with Crippen molar-refractivity contribution in [1.82, 2.24) is 10.2 Å². The van der Waals surface area contributed by atoms with Gasteiger partial charge in [0.05, 0.1) is 5.56 Å². The molecule has 1 aliphatic rings. The van der Waals surface area contributed by atoms with Crippen molar-refractivity contribution >= 4 is 45.8 Å². The van der Waals surface area contributed by atoms with Gasteiger partial charge in [-0.2, -0.15) is 0 Å². The number of nitrogens with zero attached hydrogens (tertiary/aromatic N) is 1. The summed E-state index contributed by atoms with van der Waals surface area (Å²) in [5.41, 5.74) is 1.27. The van der Waals surface area contributed by atoms with Crippen molar-refractivity contribution in [2.45, 2.75) is 19.3 Å². The minimum atomic E-state index is -0.508. The van der Waals surface area contributed by atoms with E-state index in [0.717, 1.165) is 29.7 Å². The summed E-state index contributed by atoms with van der Waals surface area (Å²) in [6, 6.07) is 6.17. The molecular weight excluding hydrogens is 402 g/mol. The van der Waals surface area contributed by atoms with E-state index in [1.54, 1.807) is 38.4 Å². The molecule has 0 fully saturated rings. The lowest BCUT2D eigenvalue weighted by atomic mass is 10.1. The zero-order chi connectivity index (χ0) is 20.3. The van der Waals surface area contributed by atoms with Gasteiger partial charge in [-0.3, -0.25) is 14.9 Å². The van der Waals surface area contributed by atoms with E-state index in [9.17, 15) is 14.4 Å². The summed E-state index contributed by atoms with van der Waals surface area (Å²) in [6.45, 7) is -0.206. The molecule has 1 aromatic carbocycles. The predicted molar refractivity (Wildman–Crippen MR) is 108 cm³/mol. The smallest absolute Gasteiger partial charge is 0.323 e. The molecular formula is C19H20ClN3O4S. The largest absolute Gasteiger partial charge is 0.484 e. The third kappa shape index (κ3) is 4.63. The van der Waals surface area contributed by atoms with Crippen molar-refractivity contribution in [1.29, 1.82) is 0 Å². The normalized spacial score (nSPS) is 12.2. The first-order chi connectivity index (χ1) is 13.3. The second kappa shape index (κ2) is 8.62. The maximum Gasteiger partial charge on any atom is 0.323 e. The molecule has 0 aliphatic heterocycles. The van der Waals surface area contributed by atoms with Crippen LogP contribution in [0.15, 0.2) is 24.3 Å². The van der Waals surface area contributed by atoms with E-state index >= 15 is 0 Å². The van der Waals surface area contributed by atoms with Crippen LogP contribution in [0, 0.1) is 0 Å². The molecule has 0 atom stereocenters. The van der Waals surface area contributed by atoms with E-state index in [1.165, 1.54) is 16.2 Å². The van der Waals surface area contributed by atoms with Gasteiger partial charge in [0.15, 0.2) is 6.61 Å². The Kier molecular flexibility index (Phi) is 6.21. The minimum absolute atomic E-state index is 0.206. The molecule has 0 saturated carbocycles. The topological polar surface area (TPSA) is 87.7 Å². The maximum absolute atomic E-state index is 12.6. The number of hydrogen-bond donors (Lipinski definition) is 2. The molecule has 0 bridgehead atoms. The molecule has 1 aliphatic carbocycles. The van der Waals surface area contributed by atoms with Crippen LogP contribution in [0.25, 0.3) is 0 Å². The molecule has 148 valence electrons. The lowest BCUT2D eigenvalue weighted by molar-refractivity contribution is -0.118. The first-order valence-corrected chi connectivity index (χ1v) is 9.90. The molecule has 28 heavy (non-hydrogen) atoms. The Morgan fingerprint density at radius 2 is 1.89 bits per heavy atom. The van der Waals surface area contributed by atoms with E-state index in [1.807, 2.05) is 0 Å². The monoisotopic (exact) mass is 421 g/mol. The highest BCUT2D eigenvalue weighted by atomic mass is 35.5. The fraction of sp³-hybridized carbons (Fsp3) is 0.316. The Morgan fingerprint density at radius 3 is 2.57 bits per heavy atom. The summed E-state index contributed by atoms with van der Waals surface area (Å²) < 4.78 is 5.44. The van der Waals surface area contributed by atoms with Crippen LogP contribution >= 0.6 is 22.9 Å². The summed E-state index contributed by atoms with van der Waals surface area (Å²) in [7, 11) is 3.11. The number of carbonyl (C=O) groups is 3. The first-order valence-electron chi connectivity index (χ1n) is 8.70. The summed E-state index contributed by atoms with van der Waals surface area (Å²) >= 11 is 7.20. The zero-order valence-electron chi connectivity index (χ0n) is 15.5. The molecule has 1 heterocycles. The quantitative estimate of drug-likeness (QED) is 0.775. The number of amides is 4. The zero-order valence-corrected chi connectivity index (χ0v) is 17.1. The predicted octanol–water partition coefficient (Wildman–Crippen LogP) is 3.32. The Labute approximate surface area is 171 Å². The van der Waals surface area contributed by atoms with E-state index in [-0.39, 0.29) is 12.5 Å². The van der Waals surface area contributed by atoms with Crippen molar-refractivity contribution in [2.24, 2.45) is 0 Å². The average Bonchev–Trinajstić information content (AvgIpc) is 3.21. The molecule has 0 spiro atoms. The van der Waals surface area contributed by atoms with Gasteiger partial charge in [0.2, 0.25) is 0 Å². The van der Waals surface area contributed by atoms with Gasteiger partial charge in [-0.05, 0) is 49.1 Å². The van der Waals surface area contributed by atoms with E-state index in [4.69, 9.17) is 16.3 Å². The average molecular weight is 422 g/mol. The maximum atomic E-state index is 12.6. The van der Waals surface area contributed by atoms with Crippen molar-refractivity contribution in [3.8, 4) is 5.75 Å². The highest BCUT2D eigenvalue weighted by Gasteiger charge is 2.28. The number of fused-ring (bicyclic) bond motifs is 1. The number of nitrogens with one attached hydrogen (secondary N) is 2. The number of aryl methyl sites for hydroxylation is 1. The van der Waals surface area contributed by atoms with Gasteiger partial charge >= 0.3 is 6.03 Å². The molecule has 3 rings (SSSR count). The molecule has 1 aromatic heterocycles. The van der Waals surface area contributed by atoms with E-state index < -0.39 is 11.9 Å². The number of hydrogen-bond acceptors (Lipinski definition) is 5. The molecule has 0 unspecified atom stereocenters. The fourth-order valence-corrected chi connectivity index (χ4v) is 4.28. The number of thiophene rings is 1. The van der Waals surface area contributed by atoms with Crippen molar-refractivity contribution < 1.29 is 19.1 Å². The minimum Gasteiger partial charge on any atom is -0.484 e. The Bertz CT molecular complexity index is 909. The van der Waals surface area contributed by atoms with Crippen molar-refractivity contribution in [3.05, 3.63) is 45.3 Å². The molecule has 9 heteroatoms. The van der Waals surface area contributed by atoms with Gasteiger partial charge in [-0.25, -0.2) is 4.79 Å². The number of anilines is 1. The van der Waals surface area contributed by atoms with E-state index in [0.29, 0.717) is 21.3 Å². The van der Waals surface area contributed by atoms with Gasteiger partial charge in [-0.15, -0.1) is 11.3 Å². The van der Waals surface area contributed by atoms with Crippen LogP contribution in [-0.2, 0) is 17.6 Å².